The van der Waals surface area contributed by atoms with Crippen molar-refractivity contribution in [2.24, 2.45) is 0 Å². The number of carboxylic acid groups (broad SMARTS) is 2. The average molecular weight is 287 g/mol. The van der Waals surface area contributed by atoms with E-state index in [1.807, 2.05) is 0 Å². The van der Waals surface area contributed by atoms with E-state index in [0.717, 1.165) is 0 Å². The molecule has 1 fully saturated rings. The molecule has 0 aromatic heterocycles. The molecule has 0 bridgehead atoms. The third-order valence-corrected chi connectivity index (χ3v) is 2.94. The standard InChI is InChI=1S/C11H17NO5.2Na/c1-7(10(14)15)9(11(16)17)6-12-4-2-8(13)3-5-12;;/h8,13H,2-6H2,1H3,(H,14,15)(H,16,17);;/q;2*+1/p-2/b9-7-;;. The van der Waals surface area contributed by atoms with Crippen LogP contribution in [0.15, 0.2) is 11.1 Å². The second kappa shape index (κ2) is 10.3. The zero-order valence-electron chi connectivity index (χ0n) is 11.6. The van der Waals surface area contributed by atoms with Gasteiger partial charge in [-0.1, -0.05) is 0 Å². The second-order valence-corrected chi connectivity index (χ2v) is 4.19. The Morgan fingerprint density at radius 2 is 1.63 bits per heavy atom. The van der Waals surface area contributed by atoms with Gasteiger partial charge in [-0.3, -0.25) is 4.90 Å². The minimum atomic E-state index is -1.50. The molecule has 0 aromatic rings. The molecule has 6 nitrogen and oxygen atoms in total. The van der Waals surface area contributed by atoms with E-state index >= 15 is 0 Å². The van der Waals surface area contributed by atoms with Gasteiger partial charge in [0.25, 0.3) is 0 Å². The first-order valence-electron chi connectivity index (χ1n) is 5.44. The zero-order chi connectivity index (χ0) is 13.0. The van der Waals surface area contributed by atoms with Gasteiger partial charge in [0.2, 0.25) is 0 Å². The van der Waals surface area contributed by atoms with Gasteiger partial charge in [-0.05, 0) is 30.9 Å². The first-order valence-corrected chi connectivity index (χ1v) is 5.44. The van der Waals surface area contributed by atoms with Crippen molar-refractivity contribution in [1.82, 2.24) is 4.90 Å². The van der Waals surface area contributed by atoms with E-state index in [0.29, 0.717) is 25.9 Å². The molecule has 8 heteroatoms. The van der Waals surface area contributed by atoms with Crippen LogP contribution in [-0.4, -0.2) is 47.7 Å². The Morgan fingerprint density at radius 1 is 1.16 bits per heavy atom. The van der Waals surface area contributed by atoms with Crippen LogP contribution in [-0.2, 0) is 9.59 Å². The van der Waals surface area contributed by atoms with Crippen molar-refractivity contribution in [3.8, 4) is 0 Å². The number of carbonyl (C=O) groups excluding carboxylic acids is 2. The third kappa shape index (κ3) is 7.24. The van der Waals surface area contributed by atoms with E-state index in [4.69, 9.17) is 0 Å². The first-order chi connectivity index (χ1) is 7.91. The van der Waals surface area contributed by atoms with Crippen LogP contribution >= 0.6 is 0 Å². The number of hydrogen-bond donors (Lipinski definition) is 1. The number of nitrogens with zero attached hydrogens (tertiary/aromatic N) is 1. The molecule has 1 rings (SSSR count). The molecule has 1 aliphatic rings. The van der Waals surface area contributed by atoms with Crippen LogP contribution < -0.4 is 69.3 Å². The van der Waals surface area contributed by atoms with Crippen LogP contribution in [0.3, 0.4) is 0 Å². The molecule has 0 unspecified atom stereocenters. The van der Waals surface area contributed by atoms with Crippen molar-refractivity contribution in [2.45, 2.75) is 25.9 Å². The van der Waals surface area contributed by atoms with Gasteiger partial charge in [-0.25, -0.2) is 0 Å². The maximum atomic E-state index is 10.8. The maximum absolute atomic E-state index is 10.8. The molecule has 96 valence electrons. The normalized spacial score (nSPS) is 17.8. The van der Waals surface area contributed by atoms with E-state index in [9.17, 15) is 24.9 Å². The summed E-state index contributed by atoms with van der Waals surface area (Å²) in [6.07, 6.45) is 0.763. The van der Waals surface area contributed by atoms with E-state index in [-0.39, 0.29) is 82.9 Å². The molecule has 0 radical (unpaired) electrons. The van der Waals surface area contributed by atoms with Gasteiger partial charge in [0.1, 0.15) is 0 Å². The van der Waals surface area contributed by atoms with Crippen molar-refractivity contribution < 1.29 is 84.0 Å². The minimum absolute atomic E-state index is 0. The summed E-state index contributed by atoms with van der Waals surface area (Å²) in [6.45, 7) is 2.28. The Bertz CT molecular complexity index is 351. The second-order valence-electron chi connectivity index (χ2n) is 4.19. The quantitative estimate of drug-likeness (QED) is 0.407. The molecular weight excluding hydrogens is 272 g/mol. The number of aliphatic hydroxyl groups excluding tert-OH is 1. The number of carboxylic acids is 2. The van der Waals surface area contributed by atoms with Gasteiger partial charge in [-0.15, -0.1) is 0 Å². The summed E-state index contributed by atoms with van der Waals surface area (Å²) < 4.78 is 0. The number of rotatable bonds is 4. The topological polar surface area (TPSA) is 104 Å². The number of aliphatic hydroxyl groups is 1. The van der Waals surface area contributed by atoms with Gasteiger partial charge >= 0.3 is 59.1 Å². The van der Waals surface area contributed by atoms with Crippen molar-refractivity contribution in [1.29, 1.82) is 0 Å². The van der Waals surface area contributed by atoms with Gasteiger partial charge in [-0.2, -0.15) is 0 Å². The van der Waals surface area contributed by atoms with Crippen molar-refractivity contribution >= 4 is 11.9 Å². The van der Waals surface area contributed by atoms with Crippen molar-refractivity contribution in [3.63, 3.8) is 0 Å². The van der Waals surface area contributed by atoms with Gasteiger partial charge in [0.05, 0.1) is 18.0 Å². The molecule has 1 saturated heterocycles. The Hall–Kier alpha value is 0.600. The van der Waals surface area contributed by atoms with Gasteiger partial charge < -0.3 is 24.9 Å². The van der Waals surface area contributed by atoms with Crippen molar-refractivity contribution in [2.75, 3.05) is 19.6 Å². The van der Waals surface area contributed by atoms with Gasteiger partial charge in [0.15, 0.2) is 0 Å². The Balaban J connectivity index is 0. The Labute approximate surface area is 156 Å². The molecule has 0 spiro atoms. The number of piperidine rings is 1. The largest absolute Gasteiger partial charge is 1.00 e. The molecule has 1 heterocycles. The van der Waals surface area contributed by atoms with Crippen LogP contribution in [0.1, 0.15) is 19.8 Å². The molecule has 0 atom stereocenters. The molecule has 1 aliphatic heterocycles. The molecule has 0 saturated carbocycles. The van der Waals surface area contributed by atoms with E-state index in [2.05, 4.69) is 0 Å². The zero-order valence-corrected chi connectivity index (χ0v) is 15.6. The fourth-order valence-electron chi connectivity index (χ4n) is 1.76. The fourth-order valence-corrected chi connectivity index (χ4v) is 1.76. The maximum Gasteiger partial charge on any atom is 1.00 e. The summed E-state index contributed by atoms with van der Waals surface area (Å²) in [5.41, 5.74) is -0.572. The summed E-state index contributed by atoms with van der Waals surface area (Å²) in [4.78, 5) is 23.2. The van der Waals surface area contributed by atoms with E-state index in [1.165, 1.54) is 6.92 Å². The molecule has 0 aromatic carbocycles. The fraction of sp³-hybridized carbons (Fsp3) is 0.636. The number of aliphatic carboxylic acids is 2. The monoisotopic (exact) mass is 287 g/mol. The molecular formula is C11H15NNa2O5. The number of carbonyl (C=O) groups is 2. The Morgan fingerprint density at radius 3 is 2.00 bits per heavy atom. The molecule has 0 amide bonds. The summed E-state index contributed by atoms with van der Waals surface area (Å²) in [6, 6.07) is 0. The van der Waals surface area contributed by atoms with Crippen molar-refractivity contribution in [3.05, 3.63) is 11.1 Å². The van der Waals surface area contributed by atoms with Crippen LogP contribution in [0, 0.1) is 0 Å². The van der Waals surface area contributed by atoms with E-state index in [1.54, 1.807) is 4.90 Å². The third-order valence-electron chi connectivity index (χ3n) is 2.94. The average Bonchev–Trinajstić information content (AvgIpc) is 2.26. The predicted molar refractivity (Wildman–Crippen MR) is 54.4 cm³/mol. The SMILES string of the molecule is C/C(C(=O)[O-])=C(\CN1CCC(O)CC1)C(=O)[O-].[Na+].[Na+]. The smallest absolute Gasteiger partial charge is 0.545 e. The summed E-state index contributed by atoms with van der Waals surface area (Å²) in [7, 11) is 0. The molecule has 19 heavy (non-hydrogen) atoms. The van der Waals surface area contributed by atoms with Crippen LogP contribution in [0.25, 0.3) is 0 Å². The van der Waals surface area contributed by atoms with E-state index < -0.39 is 11.9 Å². The van der Waals surface area contributed by atoms with Crippen LogP contribution in [0.5, 0.6) is 0 Å². The summed E-state index contributed by atoms with van der Waals surface area (Å²) in [5, 5.41) is 30.8. The summed E-state index contributed by atoms with van der Waals surface area (Å²) >= 11 is 0. The first kappa shape index (κ1) is 21.9. The number of likely N-dealkylation sites (tertiary alicyclic amines) is 1. The van der Waals surface area contributed by atoms with Crippen LogP contribution in [0.4, 0.5) is 0 Å². The van der Waals surface area contributed by atoms with Gasteiger partial charge in [0, 0.05) is 19.6 Å². The minimum Gasteiger partial charge on any atom is -0.545 e. The summed E-state index contributed by atoms with van der Waals surface area (Å²) in [5.74, 6) is -2.99. The number of hydrogen-bond acceptors (Lipinski definition) is 6. The predicted octanol–water partition coefficient (Wildman–Crippen LogP) is -8.73. The van der Waals surface area contributed by atoms with Crippen LogP contribution in [0.2, 0.25) is 0 Å². The Kier molecular flexibility index (Phi) is 11.9. The molecule has 1 N–H and O–H groups in total. The molecule has 0 aliphatic carbocycles.